The Balaban J connectivity index is 0.000000427. The smallest absolute Gasteiger partial charge is 0.255 e. The molecule has 0 saturated carbocycles. The van der Waals surface area contributed by atoms with Gasteiger partial charge < -0.3 is 20.5 Å². The average Bonchev–Trinajstić information content (AvgIpc) is 3.21. The first-order chi connectivity index (χ1) is 15.3. The number of alkyl halides is 2. The van der Waals surface area contributed by atoms with Crippen LogP contribution >= 0.6 is 0 Å². The second-order valence-corrected chi connectivity index (χ2v) is 7.67. The number of pyridine rings is 1. The van der Waals surface area contributed by atoms with Gasteiger partial charge in [0.25, 0.3) is 11.8 Å². The molecule has 0 unspecified atom stereocenters. The maximum absolute atomic E-state index is 13.3. The molecule has 0 atom stereocenters. The zero-order valence-corrected chi connectivity index (χ0v) is 17.9. The van der Waals surface area contributed by atoms with E-state index in [1.165, 1.54) is 11.1 Å². The number of likely N-dealkylation sites (tertiary alicyclic amines) is 1. The van der Waals surface area contributed by atoms with Crippen LogP contribution < -0.4 is 11.1 Å². The number of fused-ring (bicyclic) bond motifs is 1. The van der Waals surface area contributed by atoms with E-state index in [-0.39, 0.29) is 31.8 Å². The molecule has 0 spiro atoms. The first kappa shape index (κ1) is 23.3. The van der Waals surface area contributed by atoms with Crippen LogP contribution in [0.4, 0.5) is 8.78 Å². The van der Waals surface area contributed by atoms with Crippen LogP contribution in [0.5, 0.6) is 0 Å². The number of halogens is 2. The lowest BCUT2D eigenvalue weighted by Gasteiger charge is -2.31. The molecule has 2 amide bonds. The van der Waals surface area contributed by atoms with Gasteiger partial charge >= 0.3 is 0 Å². The van der Waals surface area contributed by atoms with Gasteiger partial charge in [0.2, 0.25) is 6.41 Å². The van der Waals surface area contributed by atoms with E-state index in [9.17, 15) is 18.4 Å². The largest absolute Gasteiger partial charge is 0.357 e. The molecule has 1 fully saturated rings. The van der Waals surface area contributed by atoms with E-state index in [0.29, 0.717) is 25.1 Å². The van der Waals surface area contributed by atoms with Crippen molar-refractivity contribution in [3.63, 3.8) is 0 Å². The minimum absolute atomic E-state index is 0.0776. The van der Waals surface area contributed by atoms with Gasteiger partial charge in [-0.25, -0.2) is 13.8 Å². The molecule has 1 aromatic carbocycles. The Morgan fingerprint density at radius 1 is 1.25 bits per heavy atom. The quantitative estimate of drug-likeness (QED) is 0.468. The fourth-order valence-electron chi connectivity index (χ4n) is 3.49. The zero-order valence-electron chi connectivity index (χ0n) is 17.9. The first-order valence-corrected chi connectivity index (χ1v) is 10.4. The molecule has 1 aliphatic rings. The number of carbonyl (C=O) groups excluding carboxylic acids is 2. The summed E-state index contributed by atoms with van der Waals surface area (Å²) in [6.07, 6.45) is 3.52. The number of benzene rings is 1. The van der Waals surface area contributed by atoms with Gasteiger partial charge in [-0.05, 0) is 36.8 Å². The first-order valence-electron chi connectivity index (χ1n) is 10.4. The summed E-state index contributed by atoms with van der Waals surface area (Å²) in [4.78, 5) is 28.0. The molecule has 4 rings (SSSR count). The predicted octanol–water partition coefficient (Wildman–Crippen LogP) is 2.90. The zero-order chi connectivity index (χ0) is 23.1. The maximum atomic E-state index is 13.3. The summed E-state index contributed by atoms with van der Waals surface area (Å²) in [6, 6.07) is 11.8. The number of hydrogen-bond acceptors (Lipinski definition) is 4. The second-order valence-electron chi connectivity index (χ2n) is 7.67. The Bertz CT molecular complexity index is 1070. The molecule has 3 aromatic rings. The van der Waals surface area contributed by atoms with Gasteiger partial charge in [0.15, 0.2) is 0 Å². The fourth-order valence-corrected chi connectivity index (χ4v) is 3.49. The standard InChI is InChI=1S/C20H19F2N3O.C3H8N2O/c1-14-3-2-4-17(11-14)25-8-5-15-12-16(13-23-18(15)25)19(26)24-9-6-20(21,22)7-10-24;4-1-2-5-3-6/h2-5,8,11-13H,6-7,9-10H2,1H3;3H,1-2,4H2,(H,5,6). The minimum atomic E-state index is -2.66. The highest BCUT2D eigenvalue weighted by molar-refractivity contribution is 5.97. The Morgan fingerprint density at radius 2 is 2.00 bits per heavy atom. The van der Waals surface area contributed by atoms with Crippen molar-refractivity contribution in [2.45, 2.75) is 25.7 Å². The summed E-state index contributed by atoms with van der Waals surface area (Å²) < 4.78 is 28.6. The van der Waals surface area contributed by atoms with Crippen LogP contribution in [0, 0.1) is 6.92 Å². The highest BCUT2D eigenvalue weighted by Gasteiger charge is 2.35. The normalized spacial score (nSPS) is 15.1. The molecule has 0 bridgehead atoms. The molecule has 3 N–H and O–H groups in total. The SMILES string of the molecule is Cc1cccc(-n2ccc3cc(C(=O)N4CCC(F)(F)CC4)cnc32)c1.NCCNC=O. The molecule has 3 heterocycles. The summed E-state index contributed by atoms with van der Waals surface area (Å²) in [5.74, 6) is -2.90. The van der Waals surface area contributed by atoms with Crippen molar-refractivity contribution < 1.29 is 18.4 Å². The molecule has 0 aliphatic carbocycles. The van der Waals surface area contributed by atoms with Gasteiger partial charge in [0.05, 0.1) is 5.56 Å². The fraction of sp³-hybridized carbons (Fsp3) is 0.348. The topological polar surface area (TPSA) is 93.2 Å². The summed E-state index contributed by atoms with van der Waals surface area (Å²) in [5.41, 5.74) is 8.34. The van der Waals surface area contributed by atoms with Crippen LogP contribution in [0.15, 0.2) is 48.8 Å². The number of nitrogens with two attached hydrogens (primary N) is 1. The molecular formula is C23H27F2N5O2. The van der Waals surface area contributed by atoms with Gasteiger partial charge in [-0.15, -0.1) is 0 Å². The molecule has 9 heteroatoms. The number of aryl methyl sites for hydroxylation is 1. The van der Waals surface area contributed by atoms with Gasteiger partial charge in [0, 0.05) is 62.5 Å². The number of amides is 2. The van der Waals surface area contributed by atoms with Gasteiger partial charge in [-0.2, -0.15) is 0 Å². The number of hydrogen-bond donors (Lipinski definition) is 2. The lowest BCUT2D eigenvalue weighted by Crippen LogP contribution is -2.42. The number of rotatable bonds is 5. The number of piperidine rings is 1. The van der Waals surface area contributed by atoms with E-state index in [0.717, 1.165) is 22.3 Å². The van der Waals surface area contributed by atoms with Gasteiger partial charge in [0.1, 0.15) is 5.65 Å². The molecule has 32 heavy (non-hydrogen) atoms. The van der Waals surface area contributed by atoms with Crippen LogP contribution in [0.3, 0.4) is 0 Å². The predicted molar refractivity (Wildman–Crippen MR) is 119 cm³/mol. The van der Waals surface area contributed by atoms with Crippen LogP contribution in [0.25, 0.3) is 16.7 Å². The highest BCUT2D eigenvalue weighted by Crippen LogP contribution is 2.29. The number of nitrogens with zero attached hydrogens (tertiary/aromatic N) is 3. The average molecular weight is 443 g/mol. The van der Waals surface area contributed by atoms with Crippen molar-refractivity contribution in [2.75, 3.05) is 26.2 Å². The maximum Gasteiger partial charge on any atom is 0.255 e. The number of aromatic nitrogens is 2. The van der Waals surface area contributed by atoms with E-state index in [4.69, 9.17) is 5.73 Å². The third-order valence-corrected chi connectivity index (χ3v) is 5.21. The van der Waals surface area contributed by atoms with E-state index in [1.54, 1.807) is 6.07 Å². The monoisotopic (exact) mass is 443 g/mol. The lowest BCUT2D eigenvalue weighted by molar-refractivity contribution is -0.109. The minimum Gasteiger partial charge on any atom is -0.357 e. The Morgan fingerprint density at radius 3 is 2.62 bits per heavy atom. The summed E-state index contributed by atoms with van der Waals surface area (Å²) >= 11 is 0. The van der Waals surface area contributed by atoms with Crippen molar-refractivity contribution >= 4 is 23.4 Å². The Kier molecular flexibility index (Phi) is 7.53. The third kappa shape index (κ3) is 5.67. The van der Waals surface area contributed by atoms with Crippen molar-refractivity contribution in [3.8, 4) is 5.69 Å². The van der Waals surface area contributed by atoms with E-state index in [2.05, 4.69) is 16.4 Å². The summed E-state index contributed by atoms with van der Waals surface area (Å²) in [6.45, 7) is 3.27. The van der Waals surface area contributed by atoms with Crippen LogP contribution in [-0.4, -0.2) is 58.9 Å². The third-order valence-electron chi connectivity index (χ3n) is 5.21. The van der Waals surface area contributed by atoms with Gasteiger partial charge in [-0.3, -0.25) is 9.59 Å². The van der Waals surface area contributed by atoms with Gasteiger partial charge in [-0.1, -0.05) is 12.1 Å². The lowest BCUT2D eigenvalue weighted by atomic mass is 10.1. The van der Waals surface area contributed by atoms with E-state index >= 15 is 0 Å². The summed E-state index contributed by atoms with van der Waals surface area (Å²) in [7, 11) is 0. The molecule has 1 saturated heterocycles. The van der Waals surface area contributed by atoms with Crippen LogP contribution in [0.2, 0.25) is 0 Å². The molecule has 170 valence electrons. The molecular weight excluding hydrogens is 416 g/mol. The number of nitrogens with one attached hydrogen (secondary N) is 1. The van der Waals surface area contributed by atoms with Crippen molar-refractivity contribution in [1.82, 2.24) is 19.8 Å². The molecule has 1 aliphatic heterocycles. The summed E-state index contributed by atoms with van der Waals surface area (Å²) in [5, 5.41) is 3.24. The van der Waals surface area contributed by atoms with Crippen molar-refractivity contribution in [1.29, 1.82) is 0 Å². The molecule has 0 radical (unpaired) electrons. The second kappa shape index (κ2) is 10.3. The highest BCUT2D eigenvalue weighted by atomic mass is 19.3. The van der Waals surface area contributed by atoms with Crippen molar-refractivity contribution in [2.24, 2.45) is 5.73 Å². The van der Waals surface area contributed by atoms with Crippen LogP contribution in [-0.2, 0) is 4.79 Å². The van der Waals surface area contributed by atoms with Crippen LogP contribution in [0.1, 0.15) is 28.8 Å². The van der Waals surface area contributed by atoms with E-state index in [1.807, 2.05) is 42.0 Å². The Hall–Kier alpha value is -3.33. The van der Waals surface area contributed by atoms with Crippen molar-refractivity contribution in [3.05, 3.63) is 59.9 Å². The Labute approximate surface area is 185 Å². The van der Waals surface area contributed by atoms with E-state index < -0.39 is 5.92 Å². The number of carbonyl (C=O) groups is 2. The molecule has 7 nitrogen and oxygen atoms in total. The molecule has 2 aromatic heterocycles.